The molecule has 4 rings (SSSR count). The Morgan fingerprint density at radius 3 is 2.84 bits per heavy atom. The van der Waals surface area contributed by atoms with Crippen molar-refractivity contribution in [2.75, 3.05) is 26.7 Å². The Morgan fingerprint density at radius 2 is 2.26 bits per heavy atom. The summed E-state index contributed by atoms with van der Waals surface area (Å²) in [5.74, 6) is 1.70. The maximum atomic E-state index is 5.34. The van der Waals surface area contributed by atoms with E-state index >= 15 is 0 Å². The molecule has 4 heterocycles. The van der Waals surface area contributed by atoms with E-state index in [1.807, 2.05) is 0 Å². The number of aromatic nitrogens is 1. The molecule has 7 heteroatoms. The second-order valence-corrected chi connectivity index (χ2v) is 4.74. The molecule has 0 unspecified atom stereocenters. The number of halogens is 1. The molecule has 1 aromatic heterocycles. The molecule has 3 fully saturated rings. The summed E-state index contributed by atoms with van der Waals surface area (Å²) in [6.07, 6.45) is 2.41. The van der Waals surface area contributed by atoms with E-state index in [9.17, 15) is 0 Å². The zero-order valence-corrected chi connectivity index (χ0v) is 11.7. The Morgan fingerprint density at radius 1 is 1.47 bits per heavy atom. The fourth-order valence-electron chi connectivity index (χ4n) is 2.52. The summed E-state index contributed by atoms with van der Waals surface area (Å²) in [6.45, 7) is 3.64. The van der Waals surface area contributed by atoms with Gasteiger partial charge in [0.15, 0.2) is 12.4 Å². The van der Waals surface area contributed by atoms with Crippen LogP contribution in [0.4, 0.5) is 0 Å². The first-order valence-corrected chi connectivity index (χ1v) is 6.26. The third-order valence-electron chi connectivity index (χ3n) is 3.58. The van der Waals surface area contributed by atoms with Crippen LogP contribution in [0.1, 0.15) is 18.6 Å². The molecule has 3 aliphatic heterocycles. The lowest BCUT2D eigenvalue weighted by molar-refractivity contribution is 0.0999. The van der Waals surface area contributed by atoms with E-state index in [-0.39, 0.29) is 12.4 Å². The van der Waals surface area contributed by atoms with Gasteiger partial charge in [-0.25, -0.2) is 0 Å². The van der Waals surface area contributed by atoms with Gasteiger partial charge in [-0.2, -0.15) is 0 Å². The summed E-state index contributed by atoms with van der Waals surface area (Å²) < 4.78 is 9.96. The van der Waals surface area contributed by atoms with Gasteiger partial charge in [0.05, 0.1) is 12.8 Å². The maximum Gasteiger partial charge on any atom is 0.254 e. The van der Waals surface area contributed by atoms with Gasteiger partial charge in [-0.3, -0.25) is 4.90 Å². The molecule has 0 aromatic carbocycles. The summed E-state index contributed by atoms with van der Waals surface area (Å²) >= 11 is 0. The first kappa shape index (κ1) is 14.1. The quantitative estimate of drug-likeness (QED) is 0.789. The predicted molar refractivity (Wildman–Crippen MR) is 71.7 cm³/mol. The zero-order chi connectivity index (χ0) is 12.4. The van der Waals surface area contributed by atoms with E-state index < -0.39 is 0 Å². The summed E-state index contributed by atoms with van der Waals surface area (Å²) in [5.41, 5.74) is 1.17. The smallest absolute Gasteiger partial charge is 0.254 e. The Labute approximate surface area is 118 Å². The minimum atomic E-state index is 0. The summed E-state index contributed by atoms with van der Waals surface area (Å²) in [6, 6.07) is 1.71. The molecule has 0 N–H and O–H groups in total. The standard InChI is InChI=1S/C12H17N3O3.ClH/c1-16-12-6-10(18-14-12)8-17-13-11-7-15-4-2-9(11)3-5-15;/h6,9H,2-5,7-8H2,1H3;1H/b13-11+;. The SMILES string of the molecule is COc1cc(CO/N=C2\CN3CCC2CC3)on1.Cl. The van der Waals surface area contributed by atoms with Gasteiger partial charge in [-0.1, -0.05) is 5.16 Å². The van der Waals surface area contributed by atoms with Crippen LogP contribution >= 0.6 is 12.4 Å². The topological polar surface area (TPSA) is 60.1 Å². The van der Waals surface area contributed by atoms with Gasteiger partial charge >= 0.3 is 0 Å². The van der Waals surface area contributed by atoms with Crippen LogP contribution in [-0.4, -0.2) is 42.5 Å². The second-order valence-electron chi connectivity index (χ2n) is 4.74. The van der Waals surface area contributed by atoms with E-state index in [4.69, 9.17) is 14.1 Å². The minimum Gasteiger partial charge on any atom is -0.479 e. The number of ether oxygens (including phenoxy) is 1. The lowest BCUT2D eigenvalue weighted by Gasteiger charge is -2.39. The fraction of sp³-hybridized carbons (Fsp3) is 0.667. The molecule has 0 radical (unpaired) electrons. The van der Waals surface area contributed by atoms with Crippen molar-refractivity contribution < 1.29 is 14.1 Å². The van der Waals surface area contributed by atoms with Crippen molar-refractivity contribution in [1.82, 2.24) is 10.1 Å². The number of piperidine rings is 3. The maximum absolute atomic E-state index is 5.34. The van der Waals surface area contributed by atoms with Crippen molar-refractivity contribution in [2.24, 2.45) is 11.1 Å². The number of hydrogen-bond acceptors (Lipinski definition) is 6. The van der Waals surface area contributed by atoms with Crippen molar-refractivity contribution in [3.8, 4) is 5.88 Å². The third kappa shape index (κ3) is 3.19. The van der Waals surface area contributed by atoms with Gasteiger partial charge in [0.25, 0.3) is 5.88 Å². The molecule has 0 aliphatic carbocycles. The number of nitrogens with zero attached hydrogens (tertiary/aromatic N) is 3. The van der Waals surface area contributed by atoms with E-state index in [2.05, 4.69) is 15.2 Å². The van der Waals surface area contributed by atoms with Crippen molar-refractivity contribution in [2.45, 2.75) is 19.4 Å². The summed E-state index contributed by atoms with van der Waals surface area (Å²) in [5, 5.41) is 7.95. The number of rotatable bonds is 4. The molecular formula is C12H18ClN3O3. The minimum absolute atomic E-state index is 0. The zero-order valence-electron chi connectivity index (χ0n) is 10.9. The van der Waals surface area contributed by atoms with E-state index in [1.54, 1.807) is 13.2 Å². The van der Waals surface area contributed by atoms with Gasteiger partial charge < -0.3 is 14.1 Å². The number of oxime groups is 1. The Balaban J connectivity index is 0.00000133. The molecule has 1 aromatic rings. The van der Waals surface area contributed by atoms with E-state index in [0.717, 1.165) is 6.54 Å². The van der Waals surface area contributed by atoms with Crippen LogP contribution in [-0.2, 0) is 11.4 Å². The molecule has 0 saturated carbocycles. The molecule has 3 aliphatic rings. The normalized spacial score (nSPS) is 27.1. The molecule has 106 valence electrons. The van der Waals surface area contributed by atoms with E-state index in [1.165, 1.54) is 31.6 Å². The van der Waals surface area contributed by atoms with Crippen LogP contribution in [0.15, 0.2) is 15.7 Å². The lowest BCUT2D eigenvalue weighted by Crippen LogP contribution is -2.47. The van der Waals surface area contributed by atoms with Gasteiger partial charge in [-0.05, 0) is 31.1 Å². The van der Waals surface area contributed by atoms with Crippen LogP contribution in [0.25, 0.3) is 0 Å². The highest BCUT2D eigenvalue weighted by Crippen LogP contribution is 2.25. The highest BCUT2D eigenvalue weighted by Gasteiger charge is 2.31. The van der Waals surface area contributed by atoms with Crippen LogP contribution in [0.2, 0.25) is 0 Å². The monoisotopic (exact) mass is 287 g/mol. The average Bonchev–Trinajstić information content (AvgIpc) is 2.88. The first-order valence-electron chi connectivity index (χ1n) is 6.26. The van der Waals surface area contributed by atoms with Crippen molar-refractivity contribution in [3.05, 3.63) is 11.8 Å². The van der Waals surface area contributed by atoms with Crippen LogP contribution in [0, 0.1) is 5.92 Å². The molecule has 0 amide bonds. The molecule has 2 bridgehead atoms. The molecule has 3 saturated heterocycles. The van der Waals surface area contributed by atoms with Crippen LogP contribution in [0.5, 0.6) is 5.88 Å². The van der Waals surface area contributed by atoms with Crippen LogP contribution < -0.4 is 4.74 Å². The average molecular weight is 288 g/mol. The largest absolute Gasteiger partial charge is 0.479 e. The Bertz CT molecular complexity index is 441. The lowest BCUT2D eigenvalue weighted by atomic mass is 9.87. The molecular weight excluding hydrogens is 270 g/mol. The number of hydrogen-bond donors (Lipinski definition) is 0. The van der Waals surface area contributed by atoms with Crippen LogP contribution in [0.3, 0.4) is 0 Å². The number of fused-ring (bicyclic) bond motifs is 3. The summed E-state index contributed by atoms with van der Waals surface area (Å²) in [4.78, 5) is 7.76. The van der Waals surface area contributed by atoms with Gasteiger partial charge in [0.2, 0.25) is 0 Å². The van der Waals surface area contributed by atoms with Gasteiger partial charge in [0.1, 0.15) is 0 Å². The van der Waals surface area contributed by atoms with Gasteiger partial charge in [0, 0.05) is 18.5 Å². The third-order valence-corrected chi connectivity index (χ3v) is 3.58. The van der Waals surface area contributed by atoms with Gasteiger partial charge in [-0.15, -0.1) is 12.4 Å². The Hall–Kier alpha value is -1.27. The molecule has 0 spiro atoms. The predicted octanol–water partition coefficient (Wildman–Crippen LogP) is 1.70. The highest BCUT2D eigenvalue weighted by atomic mass is 35.5. The second kappa shape index (κ2) is 6.25. The van der Waals surface area contributed by atoms with E-state index in [0.29, 0.717) is 24.2 Å². The molecule has 19 heavy (non-hydrogen) atoms. The van der Waals surface area contributed by atoms with Crippen molar-refractivity contribution in [1.29, 1.82) is 0 Å². The Kier molecular flexibility index (Phi) is 4.66. The first-order chi connectivity index (χ1) is 8.85. The molecule has 0 atom stereocenters. The summed E-state index contributed by atoms with van der Waals surface area (Å²) in [7, 11) is 1.55. The highest BCUT2D eigenvalue weighted by molar-refractivity contribution is 5.89. The molecule has 6 nitrogen and oxygen atoms in total. The fourth-order valence-corrected chi connectivity index (χ4v) is 2.52. The number of methoxy groups -OCH3 is 1. The van der Waals surface area contributed by atoms with Crippen molar-refractivity contribution in [3.63, 3.8) is 0 Å². The van der Waals surface area contributed by atoms with Crippen molar-refractivity contribution >= 4 is 18.1 Å².